The summed E-state index contributed by atoms with van der Waals surface area (Å²) in [6.45, 7) is 4.28. The summed E-state index contributed by atoms with van der Waals surface area (Å²) in [7, 11) is 1.23. The molecule has 0 aromatic rings. The monoisotopic (exact) mass is 302 g/mol. The van der Waals surface area contributed by atoms with Gasteiger partial charge in [0, 0.05) is 6.54 Å². The highest BCUT2D eigenvalue weighted by Gasteiger charge is 2.35. The molecule has 8 nitrogen and oxygen atoms in total. The zero-order valence-corrected chi connectivity index (χ0v) is 12.5. The number of carboxylic acid groups (broad SMARTS) is 1. The van der Waals surface area contributed by atoms with Gasteiger partial charge in [-0.25, -0.2) is 14.4 Å². The molecule has 0 bridgehead atoms. The number of morpholine rings is 1. The molecule has 0 aliphatic carbocycles. The van der Waals surface area contributed by atoms with Crippen LogP contribution in [0.3, 0.4) is 0 Å². The van der Waals surface area contributed by atoms with Crippen LogP contribution in [0, 0.1) is 5.92 Å². The molecule has 0 aromatic carbocycles. The lowest BCUT2D eigenvalue weighted by atomic mass is 10.0. The first kappa shape index (κ1) is 17.2. The van der Waals surface area contributed by atoms with Crippen LogP contribution in [0.25, 0.3) is 0 Å². The number of hydrogen-bond acceptors (Lipinski definition) is 5. The number of aliphatic carboxylic acids is 1. The van der Waals surface area contributed by atoms with Crippen molar-refractivity contribution >= 4 is 18.0 Å². The van der Waals surface area contributed by atoms with Gasteiger partial charge in [0.1, 0.15) is 6.04 Å². The number of esters is 1. The van der Waals surface area contributed by atoms with Crippen LogP contribution in [0.15, 0.2) is 0 Å². The minimum Gasteiger partial charge on any atom is -0.480 e. The fourth-order valence-corrected chi connectivity index (χ4v) is 2.10. The number of methoxy groups -OCH3 is 1. The molecular formula is C13H22N2O6. The number of rotatable bonds is 5. The molecule has 2 unspecified atom stereocenters. The molecule has 8 heteroatoms. The van der Waals surface area contributed by atoms with Crippen LogP contribution >= 0.6 is 0 Å². The summed E-state index contributed by atoms with van der Waals surface area (Å²) >= 11 is 0. The second kappa shape index (κ2) is 7.82. The Balaban J connectivity index is 2.74. The molecule has 1 fully saturated rings. The Morgan fingerprint density at radius 1 is 1.43 bits per heavy atom. The highest BCUT2D eigenvalue weighted by molar-refractivity contribution is 5.86. The number of hydrogen-bond donors (Lipinski definition) is 2. The normalized spacial score (nSPS) is 20.0. The summed E-state index contributed by atoms with van der Waals surface area (Å²) in [5.74, 6) is -1.56. The fraction of sp³-hybridized carbons (Fsp3) is 0.769. The van der Waals surface area contributed by atoms with Gasteiger partial charge in [-0.3, -0.25) is 0 Å². The summed E-state index contributed by atoms with van der Waals surface area (Å²) in [6, 6.07) is -2.43. The van der Waals surface area contributed by atoms with Gasteiger partial charge in [0.05, 0.1) is 20.3 Å². The second-order valence-corrected chi connectivity index (χ2v) is 5.28. The number of ether oxygens (including phenoxy) is 2. The number of carbonyl (C=O) groups excluding carboxylic acids is 2. The van der Waals surface area contributed by atoms with E-state index in [1.165, 1.54) is 12.0 Å². The first-order valence-corrected chi connectivity index (χ1v) is 6.82. The maximum atomic E-state index is 12.2. The average molecular weight is 302 g/mol. The van der Waals surface area contributed by atoms with Gasteiger partial charge in [0.2, 0.25) is 0 Å². The van der Waals surface area contributed by atoms with Gasteiger partial charge in [-0.2, -0.15) is 0 Å². The molecule has 0 radical (unpaired) electrons. The van der Waals surface area contributed by atoms with Crippen molar-refractivity contribution in [3.63, 3.8) is 0 Å². The molecule has 2 amide bonds. The van der Waals surface area contributed by atoms with Crippen molar-refractivity contribution < 1.29 is 29.0 Å². The first-order chi connectivity index (χ1) is 9.86. The quantitative estimate of drug-likeness (QED) is 0.696. The lowest BCUT2D eigenvalue weighted by molar-refractivity contribution is -0.151. The number of nitrogens with one attached hydrogen (secondary N) is 1. The van der Waals surface area contributed by atoms with Crippen LogP contribution in [0.2, 0.25) is 0 Å². The van der Waals surface area contributed by atoms with Gasteiger partial charge in [-0.15, -0.1) is 0 Å². The van der Waals surface area contributed by atoms with E-state index in [0.29, 0.717) is 13.0 Å². The first-order valence-electron chi connectivity index (χ1n) is 6.82. The van der Waals surface area contributed by atoms with Crippen molar-refractivity contribution in [3.05, 3.63) is 0 Å². The van der Waals surface area contributed by atoms with E-state index in [-0.39, 0.29) is 19.1 Å². The Morgan fingerprint density at radius 3 is 2.62 bits per heavy atom. The smallest absolute Gasteiger partial charge is 0.331 e. The summed E-state index contributed by atoms with van der Waals surface area (Å²) in [5, 5.41) is 11.6. The minimum absolute atomic E-state index is 0.0437. The van der Waals surface area contributed by atoms with E-state index in [9.17, 15) is 14.4 Å². The molecule has 1 heterocycles. The van der Waals surface area contributed by atoms with Crippen molar-refractivity contribution in [2.24, 2.45) is 5.92 Å². The van der Waals surface area contributed by atoms with Crippen molar-refractivity contribution in [2.45, 2.75) is 32.4 Å². The maximum absolute atomic E-state index is 12.2. The van der Waals surface area contributed by atoms with Crippen LogP contribution in [0.4, 0.5) is 4.79 Å². The molecule has 0 spiro atoms. The van der Waals surface area contributed by atoms with Gasteiger partial charge >= 0.3 is 18.0 Å². The topological polar surface area (TPSA) is 105 Å². The van der Waals surface area contributed by atoms with E-state index in [1.807, 2.05) is 13.8 Å². The van der Waals surface area contributed by atoms with E-state index in [1.54, 1.807) is 0 Å². The molecule has 2 N–H and O–H groups in total. The molecule has 1 saturated heterocycles. The Morgan fingerprint density at radius 2 is 2.10 bits per heavy atom. The molecular weight excluding hydrogens is 280 g/mol. The van der Waals surface area contributed by atoms with E-state index in [0.717, 1.165) is 0 Å². The third-order valence-corrected chi connectivity index (χ3v) is 3.17. The van der Waals surface area contributed by atoms with E-state index < -0.39 is 30.1 Å². The number of amides is 2. The van der Waals surface area contributed by atoms with Crippen molar-refractivity contribution in [1.82, 2.24) is 10.2 Å². The lowest BCUT2D eigenvalue weighted by Gasteiger charge is -2.34. The number of nitrogens with zero attached hydrogens (tertiary/aromatic N) is 1. The average Bonchev–Trinajstić information content (AvgIpc) is 2.45. The Bertz CT molecular complexity index is 398. The van der Waals surface area contributed by atoms with E-state index in [4.69, 9.17) is 9.84 Å². The molecule has 2 atom stereocenters. The summed E-state index contributed by atoms with van der Waals surface area (Å²) in [4.78, 5) is 36.3. The Kier molecular flexibility index (Phi) is 6.41. The van der Waals surface area contributed by atoms with Gasteiger partial charge in [0.25, 0.3) is 0 Å². The zero-order chi connectivity index (χ0) is 16.0. The molecule has 1 aliphatic rings. The predicted molar refractivity (Wildman–Crippen MR) is 72.7 cm³/mol. The standard InChI is InChI=1S/C13H22N2O6/c1-8(2)6-9(11(16)17)14-13(19)15-4-5-21-7-10(15)12(18)20-3/h8-10H,4-7H2,1-3H3,(H,14,19)(H,16,17). The lowest BCUT2D eigenvalue weighted by Crippen LogP contribution is -2.58. The summed E-state index contributed by atoms with van der Waals surface area (Å²) in [5.41, 5.74) is 0. The van der Waals surface area contributed by atoms with Gasteiger partial charge in [-0.05, 0) is 12.3 Å². The SMILES string of the molecule is COC(=O)C1COCCN1C(=O)NC(CC(C)C)C(=O)O. The number of carbonyl (C=O) groups is 3. The Labute approximate surface area is 123 Å². The van der Waals surface area contributed by atoms with Crippen LogP contribution < -0.4 is 5.32 Å². The molecule has 1 rings (SSSR count). The highest BCUT2D eigenvalue weighted by atomic mass is 16.5. The Hall–Kier alpha value is -1.83. The summed E-state index contributed by atoms with van der Waals surface area (Å²) < 4.78 is 9.79. The number of carboxylic acids is 1. The zero-order valence-electron chi connectivity index (χ0n) is 12.5. The fourth-order valence-electron chi connectivity index (χ4n) is 2.10. The van der Waals surface area contributed by atoms with Crippen molar-refractivity contribution in [2.75, 3.05) is 26.9 Å². The predicted octanol–water partition coefficient (Wildman–Crippen LogP) is 0.0691. The minimum atomic E-state index is -1.10. The van der Waals surface area contributed by atoms with Gasteiger partial charge in [-0.1, -0.05) is 13.8 Å². The molecule has 0 aromatic heterocycles. The second-order valence-electron chi connectivity index (χ2n) is 5.28. The van der Waals surface area contributed by atoms with Crippen LogP contribution in [-0.4, -0.2) is 66.9 Å². The molecule has 120 valence electrons. The third kappa shape index (κ3) is 4.89. The van der Waals surface area contributed by atoms with Crippen LogP contribution in [0.1, 0.15) is 20.3 Å². The van der Waals surface area contributed by atoms with Crippen molar-refractivity contribution in [3.8, 4) is 0 Å². The highest BCUT2D eigenvalue weighted by Crippen LogP contribution is 2.11. The molecule has 21 heavy (non-hydrogen) atoms. The van der Waals surface area contributed by atoms with Crippen molar-refractivity contribution in [1.29, 1.82) is 0 Å². The van der Waals surface area contributed by atoms with E-state index in [2.05, 4.69) is 10.1 Å². The maximum Gasteiger partial charge on any atom is 0.331 e. The van der Waals surface area contributed by atoms with Crippen LogP contribution in [-0.2, 0) is 19.1 Å². The number of urea groups is 1. The largest absolute Gasteiger partial charge is 0.480 e. The van der Waals surface area contributed by atoms with Crippen LogP contribution in [0.5, 0.6) is 0 Å². The third-order valence-electron chi connectivity index (χ3n) is 3.17. The molecule has 1 aliphatic heterocycles. The van der Waals surface area contributed by atoms with Gasteiger partial charge in [0.15, 0.2) is 6.04 Å². The summed E-state index contributed by atoms with van der Waals surface area (Å²) in [6.07, 6.45) is 0.314. The molecule has 0 saturated carbocycles. The van der Waals surface area contributed by atoms with Gasteiger partial charge < -0.3 is 24.8 Å². The van der Waals surface area contributed by atoms with E-state index >= 15 is 0 Å².